The van der Waals surface area contributed by atoms with Gasteiger partial charge in [0.1, 0.15) is 5.60 Å². The first-order valence-corrected chi connectivity index (χ1v) is 19.1. The summed E-state index contributed by atoms with van der Waals surface area (Å²) in [6.07, 6.45) is 17.8. The molecule has 1 heterocycles. The summed E-state index contributed by atoms with van der Waals surface area (Å²) >= 11 is 0. The molecule has 1 aromatic rings. The number of hydrogen-bond donors (Lipinski definition) is 0. The van der Waals surface area contributed by atoms with Crippen LogP contribution in [0.5, 0.6) is 0 Å². The van der Waals surface area contributed by atoms with Crippen molar-refractivity contribution in [3.05, 3.63) is 89.2 Å². The monoisotopic (exact) mass is 684 g/mol. The van der Waals surface area contributed by atoms with Crippen LogP contribution in [0.4, 0.5) is 4.79 Å². The first kappa shape index (κ1) is 42.6. The third kappa shape index (κ3) is 14.7. The van der Waals surface area contributed by atoms with Gasteiger partial charge >= 0.3 is 6.09 Å². The molecule has 50 heavy (non-hydrogen) atoms. The zero-order valence-corrected chi connectivity index (χ0v) is 33.1. The SMILES string of the molecule is C=CN=C(CCCCc1cccc(C#N)c1)C(/C(=C\C)C(CC)CCCC)=C(\C)N1CCN(C(=O)OC(C)(C)C)C[C@@H]1C.CC(C)CC1=C[CH]1. The standard InChI is InChI=1S/C37H56N4O2.C7H11/c1-10-14-21-32(11-2)33(12-3)35(29(6)41-24-23-40(27-28(41)5)36(42)43-37(7,8)9)34(39-13-4)22-16-15-18-30-19-17-20-31(25-30)26-38;1-6(2)5-7-3-4-7/h12-13,17,19-20,25,28,32H,4,10-11,14-16,18,21-24,27H2,1-3,5-9H3;3-4,6H,5H2,1-2H3/b33-12-,35-29+,39-34?;/t28-,32?;/m0./s1. The Morgan fingerprint density at radius 3 is 2.42 bits per heavy atom. The van der Waals surface area contributed by atoms with Crippen molar-refractivity contribution in [1.29, 1.82) is 5.26 Å². The maximum absolute atomic E-state index is 12.8. The Balaban J connectivity index is 0.00000110. The number of hydrogen-bond acceptors (Lipinski definition) is 5. The Morgan fingerprint density at radius 1 is 1.18 bits per heavy atom. The van der Waals surface area contributed by atoms with Gasteiger partial charge in [0.05, 0.1) is 11.6 Å². The lowest BCUT2D eigenvalue weighted by atomic mass is 9.82. The van der Waals surface area contributed by atoms with E-state index in [4.69, 9.17) is 9.73 Å². The van der Waals surface area contributed by atoms with Gasteiger partial charge in [0, 0.05) is 55.3 Å². The van der Waals surface area contributed by atoms with Crippen molar-refractivity contribution in [2.75, 3.05) is 19.6 Å². The molecule has 1 radical (unpaired) electrons. The van der Waals surface area contributed by atoms with Gasteiger partial charge in [-0.1, -0.05) is 77.0 Å². The smallest absolute Gasteiger partial charge is 0.410 e. The van der Waals surface area contributed by atoms with Gasteiger partial charge in [-0.15, -0.1) is 0 Å². The lowest BCUT2D eigenvalue weighted by Gasteiger charge is -2.43. The van der Waals surface area contributed by atoms with Crippen LogP contribution in [0.25, 0.3) is 0 Å². The molecule has 1 aromatic carbocycles. The number of piperazine rings is 1. The van der Waals surface area contributed by atoms with Crippen molar-refractivity contribution < 1.29 is 9.53 Å². The summed E-state index contributed by atoms with van der Waals surface area (Å²) in [6.45, 7) is 27.3. The number of aryl methyl sites for hydroxylation is 1. The summed E-state index contributed by atoms with van der Waals surface area (Å²) in [5, 5.41) is 9.27. The van der Waals surface area contributed by atoms with Crippen molar-refractivity contribution in [3.63, 3.8) is 0 Å². The largest absolute Gasteiger partial charge is 0.444 e. The lowest BCUT2D eigenvalue weighted by Crippen LogP contribution is -2.54. The highest BCUT2D eigenvalue weighted by molar-refractivity contribution is 6.04. The van der Waals surface area contributed by atoms with Crippen LogP contribution >= 0.6 is 0 Å². The molecule has 1 amide bonds. The van der Waals surface area contributed by atoms with Gasteiger partial charge in [-0.25, -0.2) is 4.79 Å². The van der Waals surface area contributed by atoms with Crippen LogP contribution in [-0.4, -0.2) is 52.9 Å². The molecule has 1 unspecified atom stereocenters. The predicted octanol–water partition coefficient (Wildman–Crippen LogP) is 11.4. The molecule has 1 aliphatic heterocycles. The average Bonchev–Trinajstić information content (AvgIpc) is 3.89. The molecule has 2 atom stereocenters. The number of carbonyl (C=O) groups is 1. The molecule has 1 aliphatic carbocycles. The zero-order chi connectivity index (χ0) is 37.3. The van der Waals surface area contributed by atoms with Crippen molar-refractivity contribution in [3.8, 4) is 6.07 Å². The van der Waals surface area contributed by atoms with E-state index in [1.807, 2.05) is 43.9 Å². The molecule has 0 saturated carbocycles. The number of benzene rings is 1. The third-order valence-electron chi connectivity index (χ3n) is 9.28. The van der Waals surface area contributed by atoms with E-state index in [1.165, 1.54) is 47.2 Å². The molecule has 0 N–H and O–H groups in total. The van der Waals surface area contributed by atoms with E-state index >= 15 is 0 Å². The third-order valence-corrected chi connectivity index (χ3v) is 9.28. The van der Waals surface area contributed by atoms with E-state index in [2.05, 4.69) is 90.7 Å². The van der Waals surface area contributed by atoms with Crippen molar-refractivity contribution >= 4 is 11.8 Å². The zero-order valence-electron chi connectivity index (χ0n) is 33.1. The quantitative estimate of drug-likeness (QED) is 0.0988. The first-order valence-electron chi connectivity index (χ1n) is 19.1. The van der Waals surface area contributed by atoms with Crippen LogP contribution < -0.4 is 0 Å². The number of allylic oxidation sites excluding steroid dienone is 6. The van der Waals surface area contributed by atoms with E-state index in [9.17, 15) is 10.1 Å². The fraction of sp³-hybridized carbons (Fsp3) is 0.591. The number of aliphatic imine (C=N–C) groups is 1. The van der Waals surface area contributed by atoms with Crippen LogP contribution in [-0.2, 0) is 11.2 Å². The molecule has 6 nitrogen and oxygen atoms in total. The van der Waals surface area contributed by atoms with Gasteiger partial charge in [0.25, 0.3) is 0 Å². The molecule has 275 valence electrons. The summed E-state index contributed by atoms with van der Waals surface area (Å²) in [7, 11) is 0. The minimum atomic E-state index is -0.510. The number of carbonyl (C=O) groups excluding carboxylic acids is 1. The number of unbranched alkanes of at least 4 members (excludes halogenated alkanes) is 2. The minimum Gasteiger partial charge on any atom is -0.444 e. The van der Waals surface area contributed by atoms with Gasteiger partial charge in [-0.05, 0) is 122 Å². The van der Waals surface area contributed by atoms with Gasteiger partial charge in [-0.3, -0.25) is 4.99 Å². The van der Waals surface area contributed by atoms with Crippen molar-refractivity contribution in [2.24, 2.45) is 16.8 Å². The molecule has 0 aromatic heterocycles. The number of nitriles is 1. The van der Waals surface area contributed by atoms with Crippen LogP contribution in [0, 0.1) is 29.6 Å². The molecular weight excluding hydrogens is 617 g/mol. The fourth-order valence-electron chi connectivity index (χ4n) is 6.74. The lowest BCUT2D eigenvalue weighted by molar-refractivity contribution is 0.0101. The number of nitrogens with zero attached hydrogens (tertiary/aromatic N) is 4. The molecule has 1 saturated heterocycles. The summed E-state index contributed by atoms with van der Waals surface area (Å²) in [5.41, 5.74) is 7.86. The van der Waals surface area contributed by atoms with E-state index in [0.717, 1.165) is 56.7 Å². The first-order chi connectivity index (χ1) is 23.8. The normalized spacial score (nSPS) is 17.6. The van der Waals surface area contributed by atoms with Gasteiger partial charge in [0.2, 0.25) is 0 Å². The number of ether oxygens (including phenoxy) is 1. The Hall–Kier alpha value is -3.59. The van der Waals surface area contributed by atoms with Crippen molar-refractivity contribution in [1.82, 2.24) is 9.80 Å². The summed E-state index contributed by atoms with van der Waals surface area (Å²) < 4.78 is 5.68. The molecule has 2 aliphatic rings. The molecule has 0 spiro atoms. The summed E-state index contributed by atoms with van der Waals surface area (Å²) in [5.74, 6) is 1.29. The van der Waals surface area contributed by atoms with Crippen molar-refractivity contribution in [2.45, 2.75) is 139 Å². The van der Waals surface area contributed by atoms with E-state index in [1.54, 1.807) is 6.20 Å². The topological polar surface area (TPSA) is 68.9 Å². The maximum atomic E-state index is 12.8. The molecule has 3 rings (SSSR count). The van der Waals surface area contributed by atoms with Gasteiger partial charge < -0.3 is 14.5 Å². The minimum absolute atomic E-state index is 0.141. The second-order valence-electron chi connectivity index (χ2n) is 15.2. The highest BCUT2D eigenvalue weighted by Gasteiger charge is 2.32. The highest BCUT2D eigenvalue weighted by atomic mass is 16.6. The molecular formula is C44H67N4O2. The Kier molecular flexibility index (Phi) is 18.4. The molecule has 0 bridgehead atoms. The van der Waals surface area contributed by atoms with Crippen LogP contribution in [0.1, 0.15) is 132 Å². The van der Waals surface area contributed by atoms with Crippen LogP contribution in [0.15, 0.2) is 76.6 Å². The van der Waals surface area contributed by atoms with Gasteiger partial charge in [0.15, 0.2) is 0 Å². The predicted molar refractivity (Wildman–Crippen MR) is 212 cm³/mol. The second-order valence-corrected chi connectivity index (χ2v) is 15.2. The van der Waals surface area contributed by atoms with Gasteiger partial charge in [-0.2, -0.15) is 5.26 Å². The second kappa shape index (κ2) is 21.6. The van der Waals surface area contributed by atoms with Crippen LogP contribution in [0.2, 0.25) is 0 Å². The Bertz CT molecular complexity index is 1400. The van der Waals surface area contributed by atoms with E-state index in [-0.39, 0.29) is 12.1 Å². The molecule has 1 fully saturated rings. The Morgan fingerprint density at radius 2 is 1.90 bits per heavy atom. The average molecular weight is 684 g/mol. The van der Waals surface area contributed by atoms with E-state index < -0.39 is 5.60 Å². The maximum Gasteiger partial charge on any atom is 0.410 e. The van der Waals surface area contributed by atoms with Crippen LogP contribution in [0.3, 0.4) is 0 Å². The molecule has 6 heteroatoms. The summed E-state index contributed by atoms with van der Waals surface area (Å²) in [4.78, 5) is 22.1. The summed E-state index contributed by atoms with van der Waals surface area (Å²) in [6, 6.07) is 10.3. The van der Waals surface area contributed by atoms with E-state index in [0.29, 0.717) is 24.6 Å². The highest BCUT2D eigenvalue weighted by Crippen LogP contribution is 2.34. The fourth-order valence-corrected chi connectivity index (χ4v) is 6.74. The number of amides is 1. The number of rotatable bonds is 16. The Labute approximate surface area is 306 Å².